The largest absolute Gasteiger partial charge is 0.496 e. The number of nitrogens with zero attached hydrogens (tertiary/aromatic N) is 4. The number of amides is 1. The third-order valence-electron chi connectivity index (χ3n) is 5.10. The Balaban J connectivity index is 1.60. The van der Waals surface area contributed by atoms with E-state index in [0.717, 1.165) is 15.7 Å². The van der Waals surface area contributed by atoms with Crippen molar-refractivity contribution in [3.8, 4) is 16.9 Å². The third kappa shape index (κ3) is 3.61. The topological polar surface area (TPSA) is 100 Å². The molecule has 4 aromatic rings. The molecule has 0 bridgehead atoms. The number of nitrogens with one attached hydrogen (secondary N) is 1. The standard InChI is InChI=1S/C22H21N5O4/c1-25-20-19(21(29)26(2)22(25)30)27(13-23-20)12-18(28)24-15-9-10-16(17(11-15)31-3)14-7-5-4-6-8-14/h4-11,13H,12H2,1-3H3,(H,24,28). The van der Waals surface area contributed by atoms with Gasteiger partial charge in [0.05, 0.1) is 13.4 Å². The van der Waals surface area contributed by atoms with Crippen LogP contribution in [0.3, 0.4) is 0 Å². The number of methoxy groups -OCH3 is 1. The zero-order valence-corrected chi connectivity index (χ0v) is 17.3. The average Bonchev–Trinajstić information content (AvgIpc) is 3.20. The predicted octanol–water partition coefficient (Wildman–Crippen LogP) is 1.75. The Bertz CT molecular complexity index is 1400. The molecule has 0 atom stereocenters. The number of rotatable bonds is 5. The van der Waals surface area contributed by atoms with Gasteiger partial charge >= 0.3 is 5.69 Å². The smallest absolute Gasteiger partial charge is 0.332 e. The van der Waals surface area contributed by atoms with Crippen LogP contribution in [0, 0.1) is 0 Å². The highest BCUT2D eigenvalue weighted by molar-refractivity contribution is 5.92. The second-order valence-electron chi connectivity index (χ2n) is 7.08. The van der Waals surface area contributed by atoms with Crippen LogP contribution in [0.2, 0.25) is 0 Å². The van der Waals surface area contributed by atoms with E-state index in [1.807, 2.05) is 36.4 Å². The number of hydrogen-bond donors (Lipinski definition) is 1. The van der Waals surface area contributed by atoms with Crippen molar-refractivity contribution in [3.05, 3.63) is 75.7 Å². The lowest BCUT2D eigenvalue weighted by Crippen LogP contribution is -2.37. The van der Waals surface area contributed by atoms with Crippen LogP contribution in [0.25, 0.3) is 22.3 Å². The van der Waals surface area contributed by atoms with Gasteiger partial charge in [-0.2, -0.15) is 0 Å². The van der Waals surface area contributed by atoms with Crippen molar-refractivity contribution >= 4 is 22.8 Å². The number of carbonyl (C=O) groups excluding carboxylic acids is 1. The Morgan fingerprint density at radius 3 is 2.52 bits per heavy atom. The van der Waals surface area contributed by atoms with E-state index in [2.05, 4.69) is 10.3 Å². The van der Waals surface area contributed by atoms with E-state index in [9.17, 15) is 14.4 Å². The zero-order valence-electron chi connectivity index (χ0n) is 17.3. The number of aryl methyl sites for hydroxylation is 1. The summed E-state index contributed by atoms with van der Waals surface area (Å²) in [6.45, 7) is -0.132. The van der Waals surface area contributed by atoms with Crippen molar-refractivity contribution in [1.29, 1.82) is 0 Å². The molecule has 158 valence electrons. The van der Waals surface area contributed by atoms with E-state index in [1.165, 1.54) is 29.6 Å². The van der Waals surface area contributed by atoms with Gasteiger partial charge in [0, 0.05) is 31.4 Å². The Morgan fingerprint density at radius 2 is 1.81 bits per heavy atom. The summed E-state index contributed by atoms with van der Waals surface area (Å²) in [4.78, 5) is 41.3. The molecule has 0 aliphatic heterocycles. The molecule has 0 saturated heterocycles. The van der Waals surface area contributed by atoms with Gasteiger partial charge in [-0.3, -0.25) is 18.7 Å². The molecule has 31 heavy (non-hydrogen) atoms. The zero-order chi connectivity index (χ0) is 22.1. The van der Waals surface area contributed by atoms with E-state index in [1.54, 1.807) is 19.2 Å². The van der Waals surface area contributed by atoms with Gasteiger partial charge in [0.15, 0.2) is 11.2 Å². The number of ether oxygens (including phenoxy) is 1. The predicted molar refractivity (Wildman–Crippen MR) is 117 cm³/mol. The van der Waals surface area contributed by atoms with Gasteiger partial charge in [-0.1, -0.05) is 30.3 Å². The molecule has 9 heteroatoms. The SMILES string of the molecule is COc1cc(NC(=O)Cn2cnc3c2c(=O)n(C)c(=O)n3C)ccc1-c1ccccc1. The fraction of sp³-hybridized carbons (Fsp3) is 0.182. The van der Waals surface area contributed by atoms with Gasteiger partial charge in [-0.05, 0) is 17.7 Å². The lowest BCUT2D eigenvalue weighted by Gasteiger charge is -2.12. The van der Waals surface area contributed by atoms with Crippen LogP contribution in [0.5, 0.6) is 5.75 Å². The number of fused-ring (bicyclic) bond motifs is 1. The average molecular weight is 419 g/mol. The van der Waals surface area contributed by atoms with Gasteiger partial charge < -0.3 is 14.6 Å². The quantitative estimate of drug-likeness (QED) is 0.531. The minimum atomic E-state index is -0.503. The van der Waals surface area contributed by atoms with Gasteiger partial charge in [0.25, 0.3) is 5.56 Å². The Labute approximate surface area is 177 Å². The third-order valence-corrected chi connectivity index (χ3v) is 5.10. The Morgan fingerprint density at radius 1 is 1.06 bits per heavy atom. The second kappa shape index (κ2) is 7.94. The Kier molecular flexibility index (Phi) is 5.16. The van der Waals surface area contributed by atoms with Crippen LogP contribution in [0.1, 0.15) is 0 Å². The summed E-state index contributed by atoms with van der Waals surface area (Å²) in [5.41, 5.74) is 1.92. The maximum atomic E-state index is 12.6. The molecule has 2 aromatic carbocycles. The molecule has 0 saturated carbocycles. The highest BCUT2D eigenvalue weighted by atomic mass is 16.5. The lowest BCUT2D eigenvalue weighted by atomic mass is 10.0. The number of carbonyl (C=O) groups is 1. The first-order chi connectivity index (χ1) is 14.9. The first-order valence-corrected chi connectivity index (χ1v) is 9.55. The van der Waals surface area contributed by atoms with Crippen LogP contribution < -0.4 is 21.3 Å². The van der Waals surface area contributed by atoms with Crippen LogP contribution in [0.4, 0.5) is 5.69 Å². The summed E-state index contributed by atoms with van der Waals surface area (Å²) in [5.74, 6) is 0.283. The molecular formula is C22H21N5O4. The lowest BCUT2D eigenvalue weighted by molar-refractivity contribution is -0.116. The molecule has 1 N–H and O–H groups in total. The number of imidazole rings is 1. The normalized spacial score (nSPS) is 10.9. The molecule has 2 heterocycles. The van der Waals surface area contributed by atoms with Crippen molar-refractivity contribution in [2.75, 3.05) is 12.4 Å². The van der Waals surface area contributed by atoms with Crippen LogP contribution in [0.15, 0.2) is 64.4 Å². The van der Waals surface area contributed by atoms with E-state index in [0.29, 0.717) is 11.4 Å². The molecule has 2 aromatic heterocycles. The maximum absolute atomic E-state index is 12.6. The molecule has 0 aliphatic rings. The molecule has 0 aliphatic carbocycles. The molecule has 0 radical (unpaired) electrons. The van der Waals surface area contributed by atoms with Crippen LogP contribution in [-0.2, 0) is 25.4 Å². The molecule has 4 rings (SSSR count). The van der Waals surface area contributed by atoms with Gasteiger partial charge in [0.2, 0.25) is 5.91 Å². The molecule has 0 fully saturated rings. The molecule has 0 spiro atoms. The van der Waals surface area contributed by atoms with Crippen LogP contribution in [-0.4, -0.2) is 31.7 Å². The molecule has 0 unspecified atom stereocenters. The minimum Gasteiger partial charge on any atom is -0.496 e. The highest BCUT2D eigenvalue weighted by Gasteiger charge is 2.16. The minimum absolute atomic E-state index is 0.132. The summed E-state index contributed by atoms with van der Waals surface area (Å²) >= 11 is 0. The summed E-state index contributed by atoms with van der Waals surface area (Å²) in [6, 6.07) is 15.2. The van der Waals surface area contributed by atoms with E-state index >= 15 is 0 Å². The number of benzene rings is 2. The Hall–Kier alpha value is -4.14. The number of hydrogen-bond acceptors (Lipinski definition) is 5. The van der Waals surface area contributed by atoms with Crippen molar-refractivity contribution in [2.24, 2.45) is 14.1 Å². The van der Waals surface area contributed by atoms with Crippen molar-refractivity contribution < 1.29 is 9.53 Å². The van der Waals surface area contributed by atoms with E-state index in [4.69, 9.17) is 4.74 Å². The maximum Gasteiger partial charge on any atom is 0.332 e. The summed E-state index contributed by atoms with van der Waals surface area (Å²) in [7, 11) is 4.50. The fourth-order valence-corrected chi connectivity index (χ4v) is 3.50. The first-order valence-electron chi connectivity index (χ1n) is 9.55. The van der Waals surface area contributed by atoms with E-state index in [-0.39, 0.29) is 23.6 Å². The molecular weight excluding hydrogens is 398 g/mol. The van der Waals surface area contributed by atoms with Gasteiger partial charge in [-0.15, -0.1) is 0 Å². The second-order valence-corrected chi connectivity index (χ2v) is 7.08. The molecule has 1 amide bonds. The van der Waals surface area contributed by atoms with Crippen molar-refractivity contribution in [3.63, 3.8) is 0 Å². The molecule has 9 nitrogen and oxygen atoms in total. The number of aromatic nitrogens is 4. The van der Waals surface area contributed by atoms with Crippen LogP contribution >= 0.6 is 0 Å². The van der Waals surface area contributed by atoms with E-state index < -0.39 is 11.2 Å². The van der Waals surface area contributed by atoms with Crippen molar-refractivity contribution in [1.82, 2.24) is 18.7 Å². The van der Waals surface area contributed by atoms with Gasteiger partial charge in [0.1, 0.15) is 12.3 Å². The first kappa shape index (κ1) is 20.1. The fourth-order valence-electron chi connectivity index (χ4n) is 3.50. The van der Waals surface area contributed by atoms with Crippen molar-refractivity contribution in [2.45, 2.75) is 6.54 Å². The van der Waals surface area contributed by atoms with Gasteiger partial charge in [-0.25, -0.2) is 9.78 Å². The summed E-state index contributed by atoms with van der Waals surface area (Å²) in [6.07, 6.45) is 1.38. The summed E-state index contributed by atoms with van der Waals surface area (Å²) in [5, 5.41) is 2.81. The highest BCUT2D eigenvalue weighted by Crippen LogP contribution is 2.32. The monoisotopic (exact) mass is 419 g/mol. The number of anilines is 1. The summed E-state index contributed by atoms with van der Waals surface area (Å²) < 4.78 is 9.20.